The standard InChI is InChI=1S/C24H29N3O2S/c1-6-13-27-23(29)20(14-21(28)26-22-16(3)10-7-11-17(22)4)30-24(27)25-19-12-8-9-15(2)18(19)5/h7-12,20H,6,13-14H2,1-5H3,(H,26,28)/t20-/m0/s1. The zero-order valence-corrected chi connectivity index (χ0v) is 19.1. The number of aliphatic imine (C=N–C) groups is 1. The van der Waals surface area contributed by atoms with Gasteiger partial charge in [0.2, 0.25) is 11.8 Å². The predicted octanol–water partition coefficient (Wildman–Crippen LogP) is 5.29. The van der Waals surface area contributed by atoms with E-state index in [9.17, 15) is 9.59 Å². The number of benzene rings is 2. The first-order valence-corrected chi connectivity index (χ1v) is 11.2. The van der Waals surface area contributed by atoms with Crippen LogP contribution in [-0.4, -0.2) is 33.7 Å². The summed E-state index contributed by atoms with van der Waals surface area (Å²) < 4.78 is 0. The van der Waals surface area contributed by atoms with Crippen molar-refractivity contribution in [1.82, 2.24) is 4.90 Å². The number of nitrogens with zero attached hydrogens (tertiary/aromatic N) is 2. The van der Waals surface area contributed by atoms with Crippen LogP contribution in [0, 0.1) is 27.7 Å². The second-order valence-corrected chi connectivity index (χ2v) is 8.90. The number of hydrogen-bond acceptors (Lipinski definition) is 4. The molecule has 1 aliphatic heterocycles. The number of para-hydroxylation sites is 1. The van der Waals surface area contributed by atoms with Gasteiger partial charge in [-0.25, -0.2) is 4.99 Å². The van der Waals surface area contributed by atoms with Gasteiger partial charge < -0.3 is 5.32 Å². The lowest BCUT2D eigenvalue weighted by molar-refractivity contribution is -0.128. The second kappa shape index (κ2) is 9.47. The van der Waals surface area contributed by atoms with E-state index in [0.29, 0.717) is 11.7 Å². The molecule has 1 atom stereocenters. The highest BCUT2D eigenvalue weighted by molar-refractivity contribution is 8.15. The van der Waals surface area contributed by atoms with Gasteiger partial charge in [0.25, 0.3) is 0 Å². The third-order valence-electron chi connectivity index (χ3n) is 5.38. The topological polar surface area (TPSA) is 61.8 Å². The number of hydrogen-bond donors (Lipinski definition) is 1. The molecule has 0 bridgehead atoms. The van der Waals surface area contributed by atoms with Gasteiger partial charge in [-0.3, -0.25) is 14.5 Å². The maximum absolute atomic E-state index is 13.0. The number of anilines is 1. The first-order chi connectivity index (χ1) is 14.3. The van der Waals surface area contributed by atoms with Gasteiger partial charge in [-0.15, -0.1) is 0 Å². The van der Waals surface area contributed by atoms with Crippen LogP contribution in [0.5, 0.6) is 0 Å². The van der Waals surface area contributed by atoms with Crippen molar-refractivity contribution in [2.75, 3.05) is 11.9 Å². The van der Waals surface area contributed by atoms with Gasteiger partial charge in [-0.1, -0.05) is 49.0 Å². The fourth-order valence-corrected chi connectivity index (χ4v) is 4.66. The summed E-state index contributed by atoms with van der Waals surface area (Å²) in [6.45, 7) is 10.7. The predicted molar refractivity (Wildman–Crippen MR) is 126 cm³/mol. The first-order valence-electron chi connectivity index (χ1n) is 10.3. The number of aryl methyl sites for hydroxylation is 3. The lowest BCUT2D eigenvalue weighted by Gasteiger charge is -2.16. The summed E-state index contributed by atoms with van der Waals surface area (Å²) in [5.74, 6) is -0.190. The number of amides is 2. The van der Waals surface area contributed by atoms with Crippen molar-refractivity contribution in [3.05, 3.63) is 58.7 Å². The second-order valence-electron chi connectivity index (χ2n) is 7.73. The molecule has 158 valence electrons. The van der Waals surface area contributed by atoms with Crippen LogP contribution < -0.4 is 5.32 Å². The van der Waals surface area contributed by atoms with Crippen molar-refractivity contribution < 1.29 is 9.59 Å². The summed E-state index contributed by atoms with van der Waals surface area (Å²) in [6, 6.07) is 11.9. The van der Waals surface area contributed by atoms with Crippen molar-refractivity contribution >= 4 is 40.1 Å². The van der Waals surface area contributed by atoms with E-state index in [0.717, 1.165) is 40.0 Å². The summed E-state index contributed by atoms with van der Waals surface area (Å²) in [6.07, 6.45) is 0.961. The van der Waals surface area contributed by atoms with Gasteiger partial charge in [0.05, 0.1) is 5.69 Å². The van der Waals surface area contributed by atoms with Gasteiger partial charge in [-0.2, -0.15) is 0 Å². The Morgan fingerprint density at radius 1 is 1.07 bits per heavy atom. The Hall–Kier alpha value is -2.60. The molecule has 1 saturated heterocycles. The molecule has 1 N–H and O–H groups in total. The summed E-state index contributed by atoms with van der Waals surface area (Å²) in [5, 5.41) is 3.22. The zero-order chi connectivity index (χ0) is 21.8. The minimum absolute atomic E-state index is 0.0393. The minimum atomic E-state index is -0.454. The van der Waals surface area contributed by atoms with Gasteiger partial charge in [0.1, 0.15) is 5.25 Å². The average Bonchev–Trinajstić information content (AvgIpc) is 2.97. The Balaban J connectivity index is 1.79. The van der Waals surface area contributed by atoms with Crippen LogP contribution in [0.25, 0.3) is 0 Å². The molecule has 3 rings (SSSR count). The quantitative estimate of drug-likeness (QED) is 0.687. The molecule has 2 aromatic carbocycles. The number of amidine groups is 1. The smallest absolute Gasteiger partial charge is 0.242 e. The highest BCUT2D eigenvalue weighted by Crippen LogP contribution is 2.33. The highest BCUT2D eigenvalue weighted by Gasteiger charge is 2.38. The summed E-state index contributed by atoms with van der Waals surface area (Å²) in [4.78, 5) is 32.2. The first kappa shape index (κ1) is 22.1. The fraction of sp³-hybridized carbons (Fsp3) is 0.375. The molecular weight excluding hydrogens is 394 g/mol. The maximum Gasteiger partial charge on any atom is 0.242 e. The highest BCUT2D eigenvalue weighted by atomic mass is 32.2. The molecule has 1 aliphatic rings. The van der Waals surface area contributed by atoms with Crippen molar-refractivity contribution in [3.63, 3.8) is 0 Å². The monoisotopic (exact) mass is 423 g/mol. The van der Waals surface area contributed by atoms with Crippen LogP contribution in [0.1, 0.15) is 42.0 Å². The van der Waals surface area contributed by atoms with Crippen LogP contribution in [-0.2, 0) is 9.59 Å². The molecule has 30 heavy (non-hydrogen) atoms. The zero-order valence-electron chi connectivity index (χ0n) is 18.3. The molecular formula is C24H29N3O2S. The molecule has 0 spiro atoms. The van der Waals surface area contributed by atoms with Crippen LogP contribution in [0.4, 0.5) is 11.4 Å². The van der Waals surface area contributed by atoms with Crippen LogP contribution >= 0.6 is 11.8 Å². The Morgan fingerprint density at radius 2 is 1.70 bits per heavy atom. The van der Waals surface area contributed by atoms with E-state index in [4.69, 9.17) is 4.99 Å². The summed E-state index contributed by atoms with van der Waals surface area (Å²) >= 11 is 1.39. The van der Waals surface area contributed by atoms with E-state index in [1.165, 1.54) is 11.8 Å². The van der Waals surface area contributed by atoms with E-state index in [1.54, 1.807) is 4.90 Å². The van der Waals surface area contributed by atoms with E-state index in [2.05, 4.69) is 18.3 Å². The molecule has 0 aliphatic carbocycles. The summed E-state index contributed by atoms with van der Waals surface area (Å²) in [7, 11) is 0. The van der Waals surface area contributed by atoms with Crippen molar-refractivity contribution in [3.8, 4) is 0 Å². The minimum Gasteiger partial charge on any atom is -0.326 e. The van der Waals surface area contributed by atoms with E-state index < -0.39 is 5.25 Å². The number of carbonyl (C=O) groups excluding carboxylic acids is 2. The van der Waals surface area contributed by atoms with Gasteiger partial charge in [0.15, 0.2) is 5.17 Å². The van der Waals surface area contributed by atoms with Gasteiger partial charge >= 0.3 is 0 Å². The molecule has 0 unspecified atom stereocenters. The largest absolute Gasteiger partial charge is 0.326 e. The number of thioether (sulfide) groups is 1. The van der Waals surface area contributed by atoms with Gasteiger partial charge in [-0.05, 0) is 62.4 Å². The Bertz CT molecular complexity index is 980. The number of nitrogens with one attached hydrogen (secondary N) is 1. The molecule has 1 heterocycles. The van der Waals surface area contributed by atoms with Crippen molar-refractivity contribution in [2.45, 2.75) is 52.7 Å². The lowest BCUT2D eigenvalue weighted by atomic mass is 10.1. The van der Waals surface area contributed by atoms with Crippen LogP contribution in [0.3, 0.4) is 0 Å². The number of rotatable bonds is 6. The van der Waals surface area contributed by atoms with E-state index >= 15 is 0 Å². The van der Waals surface area contributed by atoms with Crippen LogP contribution in [0.2, 0.25) is 0 Å². The summed E-state index contributed by atoms with van der Waals surface area (Å²) in [5.41, 5.74) is 5.99. The third kappa shape index (κ3) is 4.75. The molecule has 0 radical (unpaired) electrons. The van der Waals surface area contributed by atoms with Crippen LogP contribution in [0.15, 0.2) is 41.4 Å². The molecule has 2 aromatic rings. The van der Waals surface area contributed by atoms with E-state index in [-0.39, 0.29) is 18.2 Å². The molecule has 0 aromatic heterocycles. The van der Waals surface area contributed by atoms with Crippen molar-refractivity contribution in [2.24, 2.45) is 4.99 Å². The number of carbonyl (C=O) groups is 2. The third-order valence-corrected chi connectivity index (χ3v) is 6.55. The Morgan fingerprint density at radius 3 is 2.37 bits per heavy atom. The molecule has 5 nitrogen and oxygen atoms in total. The normalized spacial score (nSPS) is 17.6. The van der Waals surface area contributed by atoms with E-state index in [1.807, 2.05) is 58.0 Å². The van der Waals surface area contributed by atoms with Gasteiger partial charge in [0, 0.05) is 18.7 Å². The van der Waals surface area contributed by atoms with Crippen molar-refractivity contribution in [1.29, 1.82) is 0 Å². The fourth-order valence-electron chi connectivity index (χ4n) is 3.48. The molecule has 1 fully saturated rings. The molecule has 2 amide bonds. The maximum atomic E-state index is 13.0. The molecule has 6 heteroatoms. The SMILES string of the molecule is CCCN1C(=O)[C@H](CC(=O)Nc2c(C)cccc2C)SC1=Nc1cccc(C)c1C. The Labute approximate surface area is 183 Å². The Kier molecular flexibility index (Phi) is 6.98. The average molecular weight is 424 g/mol. The molecule has 0 saturated carbocycles. The lowest BCUT2D eigenvalue weighted by Crippen LogP contribution is -2.34.